The van der Waals surface area contributed by atoms with Crippen LogP contribution < -0.4 is 10.2 Å². The van der Waals surface area contributed by atoms with Crippen molar-refractivity contribution in [2.45, 2.75) is 52.0 Å². The van der Waals surface area contributed by atoms with Crippen molar-refractivity contribution in [1.29, 1.82) is 0 Å². The molecule has 2 aliphatic rings. The lowest BCUT2D eigenvalue weighted by Gasteiger charge is -2.36. The molecule has 5 rings (SSSR count). The zero-order valence-electron chi connectivity index (χ0n) is 19.3. The molecule has 2 aromatic carbocycles. The molecular formula is C26H27F3N4. The van der Waals surface area contributed by atoms with Gasteiger partial charge in [-0.1, -0.05) is 24.8 Å². The van der Waals surface area contributed by atoms with Crippen LogP contribution in [0.3, 0.4) is 0 Å². The second-order valence-electron chi connectivity index (χ2n) is 9.54. The van der Waals surface area contributed by atoms with Crippen LogP contribution in [-0.2, 0) is 12.3 Å². The summed E-state index contributed by atoms with van der Waals surface area (Å²) < 4.78 is 42.6. The molecule has 1 aliphatic heterocycles. The fraction of sp³-hybridized carbons (Fsp3) is 0.385. The number of fused-ring (bicyclic) bond motifs is 2. The van der Waals surface area contributed by atoms with Gasteiger partial charge in [0.25, 0.3) is 5.92 Å². The summed E-state index contributed by atoms with van der Waals surface area (Å²) in [6.45, 7) is 8.58. The van der Waals surface area contributed by atoms with E-state index in [1.54, 1.807) is 6.92 Å². The number of hydrogen-bond acceptors (Lipinski definition) is 4. The summed E-state index contributed by atoms with van der Waals surface area (Å²) in [5.41, 5.74) is 3.96. The van der Waals surface area contributed by atoms with Gasteiger partial charge in [0.05, 0.1) is 17.1 Å². The molecule has 1 N–H and O–H groups in total. The minimum atomic E-state index is -3.26. The van der Waals surface area contributed by atoms with E-state index in [1.165, 1.54) is 17.7 Å². The second-order valence-corrected chi connectivity index (χ2v) is 9.54. The largest absolute Gasteiger partial charge is 0.363 e. The fourth-order valence-electron chi connectivity index (χ4n) is 4.98. The summed E-state index contributed by atoms with van der Waals surface area (Å²) >= 11 is 0. The van der Waals surface area contributed by atoms with Gasteiger partial charge in [0.2, 0.25) is 0 Å². The molecule has 1 aliphatic carbocycles. The third-order valence-electron chi connectivity index (χ3n) is 7.09. The van der Waals surface area contributed by atoms with E-state index in [0.717, 1.165) is 47.6 Å². The lowest BCUT2D eigenvalue weighted by molar-refractivity contribution is 0.0136. The highest BCUT2D eigenvalue weighted by molar-refractivity contribution is 5.94. The summed E-state index contributed by atoms with van der Waals surface area (Å²) in [6, 6.07) is 7.68. The highest BCUT2D eigenvalue weighted by Crippen LogP contribution is 2.58. The highest BCUT2D eigenvalue weighted by Gasteiger charge is 2.49. The monoisotopic (exact) mass is 452 g/mol. The minimum Gasteiger partial charge on any atom is -0.363 e. The molecule has 33 heavy (non-hydrogen) atoms. The van der Waals surface area contributed by atoms with Crippen molar-refractivity contribution >= 4 is 22.4 Å². The van der Waals surface area contributed by atoms with Gasteiger partial charge in [-0.15, -0.1) is 0 Å². The lowest BCUT2D eigenvalue weighted by atomic mass is 9.87. The molecular weight excluding hydrogens is 425 g/mol. The molecule has 1 saturated carbocycles. The molecule has 0 radical (unpaired) electrons. The predicted octanol–water partition coefficient (Wildman–Crippen LogP) is 6.65. The highest BCUT2D eigenvalue weighted by atomic mass is 19.3. The Hall–Kier alpha value is -3.09. The molecule has 1 atom stereocenters. The number of nitrogens with one attached hydrogen (secondary N) is 1. The Bertz CT molecular complexity index is 1290. The van der Waals surface area contributed by atoms with E-state index in [-0.39, 0.29) is 11.0 Å². The Morgan fingerprint density at radius 3 is 2.61 bits per heavy atom. The summed E-state index contributed by atoms with van der Waals surface area (Å²) in [6.07, 6.45) is 3.26. The summed E-state index contributed by atoms with van der Waals surface area (Å²) in [5.74, 6) is -3.03. The van der Waals surface area contributed by atoms with Crippen molar-refractivity contribution in [1.82, 2.24) is 9.97 Å². The molecule has 1 fully saturated rings. The van der Waals surface area contributed by atoms with Crippen LogP contribution in [0.2, 0.25) is 0 Å². The van der Waals surface area contributed by atoms with E-state index in [9.17, 15) is 13.2 Å². The van der Waals surface area contributed by atoms with Gasteiger partial charge in [-0.3, -0.25) is 0 Å². The van der Waals surface area contributed by atoms with Crippen LogP contribution in [0, 0.1) is 18.2 Å². The molecule has 1 aromatic heterocycles. The number of aryl methyl sites for hydroxylation is 1. The zero-order valence-corrected chi connectivity index (χ0v) is 19.3. The van der Waals surface area contributed by atoms with E-state index in [2.05, 4.69) is 32.8 Å². The molecule has 0 unspecified atom stereocenters. The number of hydrogen-bond donors (Lipinski definition) is 1. The van der Waals surface area contributed by atoms with Gasteiger partial charge >= 0.3 is 0 Å². The molecule has 0 amide bonds. The number of benzene rings is 2. The van der Waals surface area contributed by atoms with Crippen molar-refractivity contribution < 1.29 is 13.2 Å². The van der Waals surface area contributed by atoms with E-state index in [1.807, 2.05) is 20.0 Å². The number of rotatable bonds is 4. The van der Waals surface area contributed by atoms with Gasteiger partial charge < -0.3 is 10.2 Å². The molecule has 1 spiro atoms. The number of alkyl halides is 2. The standard InChI is InChI=1S/C26H27F3N4/c1-14(18-7-6-8-20(23(18)27)25(4,28)29)30-24-19-12-22-17(11-21(19)31-16(3)32-24)13-26(9-10-26)15(2)33(22)5/h6-8,11-12,14H,2,9-10,13H2,1,3-5H3,(H,30,31,32)/t14-/m1/s1. The Balaban J connectivity index is 1.56. The quantitative estimate of drug-likeness (QED) is 0.481. The molecule has 172 valence electrons. The summed E-state index contributed by atoms with van der Waals surface area (Å²) in [7, 11) is 2.03. The number of allylic oxidation sites excluding steroid dienone is 1. The van der Waals surface area contributed by atoms with Crippen molar-refractivity contribution in [3.8, 4) is 0 Å². The maximum Gasteiger partial charge on any atom is 0.273 e. The van der Waals surface area contributed by atoms with Gasteiger partial charge in [-0.25, -0.2) is 23.1 Å². The van der Waals surface area contributed by atoms with Gasteiger partial charge in [-0.05, 0) is 50.8 Å². The van der Waals surface area contributed by atoms with Crippen LogP contribution in [0.4, 0.5) is 24.7 Å². The number of nitrogens with zero attached hydrogens (tertiary/aromatic N) is 3. The van der Waals surface area contributed by atoms with E-state index >= 15 is 0 Å². The fourth-order valence-corrected chi connectivity index (χ4v) is 4.98. The SMILES string of the molecule is C=C1N(C)c2cc3c(N[C@H](C)c4cccc(C(C)(F)F)c4F)nc(C)nc3cc2CC12CC2. The van der Waals surface area contributed by atoms with Gasteiger partial charge in [-0.2, -0.15) is 0 Å². The van der Waals surface area contributed by atoms with Gasteiger partial charge in [0, 0.05) is 41.7 Å². The van der Waals surface area contributed by atoms with Gasteiger partial charge in [0.15, 0.2) is 0 Å². The number of aromatic nitrogens is 2. The van der Waals surface area contributed by atoms with E-state index < -0.39 is 23.3 Å². The molecule has 2 heterocycles. The normalized spacial score (nSPS) is 17.9. The topological polar surface area (TPSA) is 41.0 Å². The van der Waals surface area contributed by atoms with Crippen molar-refractivity contribution in [3.05, 3.63) is 70.9 Å². The lowest BCUT2D eigenvalue weighted by Crippen LogP contribution is -2.30. The Morgan fingerprint density at radius 1 is 1.21 bits per heavy atom. The van der Waals surface area contributed by atoms with Crippen molar-refractivity contribution in [2.24, 2.45) is 5.41 Å². The molecule has 0 saturated heterocycles. The molecule has 4 nitrogen and oxygen atoms in total. The number of anilines is 2. The first-order valence-corrected chi connectivity index (χ1v) is 11.2. The van der Waals surface area contributed by atoms with E-state index in [0.29, 0.717) is 18.6 Å². The van der Waals surface area contributed by atoms with Crippen LogP contribution in [-0.4, -0.2) is 17.0 Å². The van der Waals surface area contributed by atoms with Crippen LogP contribution in [0.5, 0.6) is 0 Å². The Morgan fingerprint density at radius 2 is 1.94 bits per heavy atom. The average Bonchev–Trinajstić information content (AvgIpc) is 3.50. The van der Waals surface area contributed by atoms with Crippen LogP contribution in [0.25, 0.3) is 10.9 Å². The first-order valence-electron chi connectivity index (χ1n) is 11.2. The average molecular weight is 453 g/mol. The summed E-state index contributed by atoms with van der Waals surface area (Å²) in [5, 5.41) is 4.05. The van der Waals surface area contributed by atoms with Crippen LogP contribution >= 0.6 is 0 Å². The van der Waals surface area contributed by atoms with Crippen LogP contribution in [0.15, 0.2) is 42.6 Å². The Kier molecular flexibility index (Phi) is 4.75. The number of halogens is 3. The first kappa shape index (κ1) is 21.7. The third-order valence-corrected chi connectivity index (χ3v) is 7.09. The molecule has 7 heteroatoms. The zero-order chi connectivity index (χ0) is 23.7. The van der Waals surface area contributed by atoms with E-state index in [4.69, 9.17) is 0 Å². The maximum atomic E-state index is 14.9. The maximum absolute atomic E-state index is 14.9. The second kappa shape index (κ2) is 7.20. The molecule has 3 aromatic rings. The minimum absolute atomic E-state index is 0.164. The van der Waals surface area contributed by atoms with Crippen molar-refractivity contribution in [3.63, 3.8) is 0 Å². The van der Waals surface area contributed by atoms with Gasteiger partial charge in [0.1, 0.15) is 17.5 Å². The smallest absolute Gasteiger partial charge is 0.273 e. The van der Waals surface area contributed by atoms with Crippen LogP contribution in [0.1, 0.15) is 55.2 Å². The van der Waals surface area contributed by atoms with Crippen molar-refractivity contribution in [2.75, 3.05) is 17.3 Å². The summed E-state index contributed by atoms with van der Waals surface area (Å²) in [4.78, 5) is 11.3. The Labute approximate surface area is 191 Å². The molecule has 0 bridgehead atoms. The third kappa shape index (κ3) is 3.54. The predicted molar refractivity (Wildman–Crippen MR) is 125 cm³/mol. The first-order chi connectivity index (χ1) is 15.5.